The molecule has 0 saturated heterocycles. The molecule has 2 aromatic carbocycles. The van der Waals surface area contributed by atoms with Gasteiger partial charge in [0.1, 0.15) is 6.33 Å². The number of allylic oxidation sites excluding steroid dienone is 1. The predicted molar refractivity (Wildman–Crippen MR) is 121 cm³/mol. The zero-order valence-electron chi connectivity index (χ0n) is 17.7. The van der Waals surface area contributed by atoms with Gasteiger partial charge in [-0.05, 0) is 46.9 Å². The van der Waals surface area contributed by atoms with Gasteiger partial charge < -0.3 is 0 Å². The first kappa shape index (κ1) is 20.5. The van der Waals surface area contributed by atoms with Crippen LogP contribution in [0.25, 0.3) is 16.8 Å². The highest BCUT2D eigenvalue weighted by molar-refractivity contribution is 5.72. The number of aromatic nitrogens is 6. The van der Waals surface area contributed by atoms with Crippen LogP contribution in [0, 0.1) is 0 Å². The maximum Gasteiger partial charge on any atom is 0.328 e. The number of hydrogen-bond acceptors (Lipinski definition) is 4. The minimum absolute atomic E-state index is 0.0500. The smallest absolute Gasteiger partial charge is 0.299 e. The lowest BCUT2D eigenvalue weighted by Crippen LogP contribution is -2.25. The van der Waals surface area contributed by atoms with Crippen LogP contribution >= 0.6 is 0 Å². The van der Waals surface area contributed by atoms with Crippen molar-refractivity contribution in [3.05, 3.63) is 95.5 Å². The molecule has 0 saturated carbocycles. The standard InChI is InChI=1S/C24H26N6O/c1-3-5-8-21-17-28(15-4-2)24(31)29(21)16-19-11-13-20(14-12-19)22-9-6-7-10-23(22)30-18-25-26-27-30/h3,6-7,9-14,17-18H,1,4-5,8,15-16H2,2H3. The summed E-state index contributed by atoms with van der Waals surface area (Å²) in [7, 11) is 0. The summed E-state index contributed by atoms with van der Waals surface area (Å²) in [5, 5.41) is 11.5. The number of rotatable bonds is 9. The van der Waals surface area contributed by atoms with E-state index in [1.54, 1.807) is 11.0 Å². The van der Waals surface area contributed by atoms with Crippen LogP contribution in [0.4, 0.5) is 0 Å². The first-order valence-electron chi connectivity index (χ1n) is 10.5. The van der Waals surface area contributed by atoms with Crippen molar-refractivity contribution in [2.24, 2.45) is 0 Å². The van der Waals surface area contributed by atoms with Crippen molar-refractivity contribution in [1.29, 1.82) is 0 Å². The fraction of sp³-hybridized carbons (Fsp3) is 0.250. The molecule has 0 aliphatic carbocycles. The van der Waals surface area contributed by atoms with E-state index >= 15 is 0 Å². The van der Waals surface area contributed by atoms with Crippen LogP contribution in [0.3, 0.4) is 0 Å². The Morgan fingerprint density at radius 3 is 2.61 bits per heavy atom. The summed E-state index contributed by atoms with van der Waals surface area (Å²) in [4.78, 5) is 12.9. The Labute approximate surface area is 181 Å². The maximum atomic E-state index is 12.9. The highest BCUT2D eigenvalue weighted by atomic mass is 16.1. The molecule has 0 atom stereocenters. The monoisotopic (exact) mass is 414 g/mol. The molecule has 0 bridgehead atoms. The zero-order chi connectivity index (χ0) is 21.6. The molecular formula is C24H26N6O. The Morgan fingerprint density at radius 1 is 1.10 bits per heavy atom. The minimum atomic E-state index is 0.0500. The van der Waals surface area contributed by atoms with Gasteiger partial charge in [0.15, 0.2) is 0 Å². The van der Waals surface area contributed by atoms with Crippen LogP contribution < -0.4 is 5.69 Å². The van der Waals surface area contributed by atoms with Crippen LogP contribution in [0.2, 0.25) is 0 Å². The average molecular weight is 415 g/mol. The van der Waals surface area contributed by atoms with Crippen molar-refractivity contribution in [3.63, 3.8) is 0 Å². The van der Waals surface area contributed by atoms with Gasteiger partial charge in [-0.1, -0.05) is 55.5 Å². The first-order valence-corrected chi connectivity index (χ1v) is 10.5. The molecule has 0 radical (unpaired) electrons. The minimum Gasteiger partial charge on any atom is -0.299 e. The molecule has 7 nitrogen and oxygen atoms in total. The lowest BCUT2D eigenvalue weighted by atomic mass is 10.0. The van der Waals surface area contributed by atoms with Crippen LogP contribution in [0.5, 0.6) is 0 Å². The van der Waals surface area contributed by atoms with Crippen LogP contribution in [-0.2, 0) is 19.5 Å². The SMILES string of the molecule is C=CCCc1cn(CCC)c(=O)n1Cc1ccc(-c2ccccc2-n2cnnn2)cc1. The fourth-order valence-corrected chi connectivity index (χ4v) is 3.76. The summed E-state index contributed by atoms with van der Waals surface area (Å²) in [5.74, 6) is 0. The van der Waals surface area contributed by atoms with Crippen molar-refractivity contribution < 1.29 is 0 Å². The number of nitrogens with zero attached hydrogens (tertiary/aromatic N) is 6. The fourth-order valence-electron chi connectivity index (χ4n) is 3.76. The number of hydrogen-bond donors (Lipinski definition) is 0. The largest absolute Gasteiger partial charge is 0.328 e. The zero-order valence-corrected chi connectivity index (χ0v) is 17.7. The summed E-state index contributed by atoms with van der Waals surface area (Å²) in [6, 6.07) is 16.3. The molecule has 4 rings (SSSR count). The number of para-hydroxylation sites is 1. The lowest BCUT2D eigenvalue weighted by molar-refractivity contribution is 0.620. The van der Waals surface area contributed by atoms with Gasteiger partial charge in [0.2, 0.25) is 0 Å². The molecule has 0 unspecified atom stereocenters. The molecule has 31 heavy (non-hydrogen) atoms. The molecular weight excluding hydrogens is 388 g/mol. The summed E-state index contributed by atoms with van der Waals surface area (Å²) < 4.78 is 5.35. The summed E-state index contributed by atoms with van der Waals surface area (Å²) in [5.41, 5.74) is 5.21. The predicted octanol–water partition coefficient (Wildman–Crippen LogP) is 3.87. The summed E-state index contributed by atoms with van der Waals surface area (Å²) in [6.07, 6.45) is 8.07. The van der Waals surface area contributed by atoms with E-state index in [2.05, 4.69) is 59.4 Å². The van der Waals surface area contributed by atoms with E-state index in [4.69, 9.17) is 0 Å². The van der Waals surface area contributed by atoms with E-state index in [1.165, 1.54) is 0 Å². The quantitative estimate of drug-likeness (QED) is 0.390. The van der Waals surface area contributed by atoms with Crippen LogP contribution in [0.15, 0.2) is 78.5 Å². The number of imidazole rings is 1. The molecule has 158 valence electrons. The topological polar surface area (TPSA) is 70.5 Å². The molecule has 4 aromatic rings. The molecule has 0 aliphatic rings. The third-order valence-electron chi connectivity index (χ3n) is 5.30. The Kier molecular flexibility index (Phi) is 6.21. The van der Waals surface area contributed by atoms with Gasteiger partial charge in [0, 0.05) is 24.0 Å². The van der Waals surface area contributed by atoms with E-state index in [0.29, 0.717) is 6.54 Å². The average Bonchev–Trinajstić information content (AvgIpc) is 3.43. The summed E-state index contributed by atoms with van der Waals surface area (Å²) in [6.45, 7) is 7.18. The molecule has 0 N–H and O–H groups in total. The summed E-state index contributed by atoms with van der Waals surface area (Å²) >= 11 is 0. The van der Waals surface area contributed by atoms with Gasteiger partial charge in [-0.25, -0.2) is 4.79 Å². The Bertz CT molecular complexity index is 1200. The van der Waals surface area contributed by atoms with Crippen molar-refractivity contribution in [2.45, 2.75) is 39.3 Å². The van der Waals surface area contributed by atoms with Gasteiger partial charge in [0.05, 0.1) is 12.2 Å². The third-order valence-corrected chi connectivity index (χ3v) is 5.30. The van der Waals surface area contributed by atoms with E-state index < -0.39 is 0 Å². The maximum absolute atomic E-state index is 12.9. The molecule has 7 heteroatoms. The Hall–Kier alpha value is -3.74. The second kappa shape index (κ2) is 9.38. The van der Waals surface area contributed by atoms with E-state index in [0.717, 1.165) is 53.9 Å². The molecule has 2 heterocycles. The first-order chi connectivity index (χ1) is 15.2. The van der Waals surface area contributed by atoms with E-state index in [9.17, 15) is 4.79 Å². The highest BCUT2D eigenvalue weighted by Gasteiger charge is 2.12. The van der Waals surface area contributed by atoms with Gasteiger partial charge in [-0.2, -0.15) is 4.68 Å². The second-order valence-electron chi connectivity index (χ2n) is 7.48. The lowest BCUT2D eigenvalue weighted by Gasteiger charge is -2.11. The van der Waals surface area contributed by atoms with E-state index in [1.807, 2.05) is 39.6 Å². The van der Waals surface area contributed by atoms with Crippen molar-refractivity contribution in [2.75, 3.05) is 0 Å². The molecule has 0 amide bonds. The number of tetrazole rings is 1. The number of benzene rings is 2. The molecule has 0 aliphatic heterocycles. The van der Waals surface area contributed by atoms with Gasteiger partial charge in [0.25, 0.3) is 0 Å². The second-order valence-corrected chi connectivity index (χ2v) is 7.48. The van der Waals surface area contributed by atoms with Crippen molar-refractivity contribution >= 4 is 0 Å². The van der Waals surface area contributed by atoms with Crippen LogP contribution in [0.1, 0.15) is 31.0 Å². The molecule has 2 aromatic heterocycles. The molecule has 0 spiro atoms. The van der Waals surface area contributed by atoms with E-state index in [-0.39, 0.29) is 5.69 Å². The van der Waals surface area contributed by atoms with Gasteiger partial charge in [-0.15, -0.1) is 11.7 Å². The Morgan fingerprint density at radius 2 is 1.90 bits per heavy atom. The van der Waals surface area contributed by atoms with Gasteiger partial charge in [-0.3, -0.25) is 9.13 Å². The number of aryl methyl sites for hydroxylation is 2. The highest BCUT2D eigenvalue weighted by Crippen LogP contribution is 2.26. The third kappa shape index (κ3) is 4.40. The van der Waals surface area contributed by atoms with Gasteiger partial charge >= 0.3 is 5.69 Å². The molecule has 0 fully saturated rings. The van der Waals surface area contributed by atoms with Crippen molar-refractivity contribution in [1.82, 2.24) is 29.3 Å². The Balaban J connectivity index is 1.62. The van der Waals surface area contributed by atoms with Crippen molar-refractivity contribution in [3.8, 4) is 16.8 Å². The normalized spacial score (nSPS) is 11.0. The van der Waals surface area contributed by atoms with Crippen LogP contribution in [-0.4, -0.2) is 29.3 Å².